The molecule has 0 spiro atoms. The van der Waals surface area contributed by atoms with E-state index in [9.17, 15) is 10.4 Å². The van der Waals surface area contributed by atoms with Gasteiger partial charge in [-0.05, 0) is 31.2 Å². The summed E-state index contributed by atoms with van der Waals surface area (Å²) in [7, 11) is 0. The van der Waals surface area contributed by atoms with Crippen LogP contribution >= 0.6 is 11.8 Å². The van der Waals surface area contributed by atoms with E-state index in [-0.39, 0.29) is 11.3 Å². The molecule has 0 saturated carbocycles. The minimum atomic E-state index is -0.459. The Morgan fingerprint density at radius 3 is 2.80 bits per heavy atom. The number of furan rings is 1. The van der Waals surface area contributed by atoms with Crippen LogP contribution in [-0.4, -0.2) is 30.3 Å². The van der Waals surface area contributed by atoms with Gasteiger partial charge in [-0.2, -0.15) is 5.26 Å². The van der Waals surface area contributed by atoms with Gasteiger partial charge in [0.05, 0.1) is 16.3 Å². The fourth-order valence-corrected chi connectivity index (χ4v) is 4.23. The van der Waals surface area contributed by atoms with E-state index in [0.29, 0.717) is 16.4 Å². The second-order valence-electron chi connectivity index (χ2n) is 6.69. The molecule has 8 heteroatoms. The van der Waals surface area contributed by atoms with E-state index in [0.717, 1.165) is 27.5 Å². The molecule has 2 aromatic carbocycles. The standard InChI is InChI=1S/C22H15N5O2S/c1-12(19(28)14(10-23)21-26-15-7-3-4-8-16(15)27-21)30-22-20-18(24-11-25-22)13-6-2-5-9-17(13)29-20/h2-9,11-12,28H,1H3,(H,26,27)/b19-14-/t12-/m0/s1. The molecule has 2 N–H and O–H groups in total. The molecule has 3 aromatic heterocycles. The summed E-state index contributed by atoms with van der Waals surface area (Å²) in [4.78, 5) is 16.2. The van der Waals surface area contributed by atoms with Gasteiger partial charge in [0.15, 0.2) is 11.4 Å². The quantitative estimate of drug-likeness (QED) is 0.180. The van der Waals surface area contributed by atoms with Crippen LogP contribution in [0.25, 0.3) is 38.7 Å². The lowest BCUT2D eigenvalue weighted by Crippen LogP contribution is -2.05. The largest absolute Gasteiger partial charge is 0.510 e. The van der Waals surface area contributed by atoms with Crippen molar-refractivity contribution in [2.45, 2.75) is 17.2 Å². The maximum Gasteiger partial charge on any atom is 0.186 e. The van der Waals surface area contributed by atoms with Gasteiger partial charge in [0.25, 0.3) is 0 Å². The van der Waals surface area contributed by atoms with Gasteiger partial charge in [0.1, 0.15) is 39.9 Å². The molecule has 0 amide bonds. The van der Waals surface area contributed by atoms with Gasteiger partial charge < -0.3 is 14.5 Å². The zero-order valence-electron chi connectivity index (χ0n) is 15.8. The van der Waals surface area contributed by atoms with E-state index in [1.54, 1.807) is 6.92 Å². The van der Waals surface area contributed by atoms with Crippen LogP contribution in [-0.2, 0) is 0 Å². The average Bonchev–Trinajstić information content (AvgIpc) is 3.36. The van der Waals surface area contributed by atoms with E-state index in [1.165, 1.54) is 18.1 Å². The molecule has 0 fully saturated rings. The first-order valence-electron chi connectivity index (χ1n) is 9.23. The molecule has 0 unspecified atom stereocenters. The van der Waals surface area contributed by atoms with Crippen LogP contribution in [0.5, 0.6) is 0 Å². The number of nitriles is 1. The number of imidazole rings is 1. The number of hydrogen-bond donors (Lipinski definition) is 2. The van der Waals surface area contributed by atoms with Crippen molar-refractivity contribution in [1.82, 2.24) is 19.9 Å². The summed E-state index contributed by atoms with van der Waals surface area (Å²) in [6.07, 6.45) is 1.48. The molecule has 30 heavy (non-hydrogen) atoms. The second kappa shape index (κ2) is 7.21. The number of aromatic amines is 1. The topological polar surface area (TPSA) is 112 Å². The number of hydrogen-bond acceptors (Lipinski definition) is 7. The highest BCUT2D eigenvalue weighted by Crippen LogP contribution is 2.36. The third-order valence-corrected chi connectivity index (χ3v) is 5.88. The molecule has 5 aromatic rings. The van der Waals surface area contributed by atoms with Crippen molar-refractivity contribution in [3.8, 4) is 6.07 Å². The zero-order valence-corrected chi connectivity index (χ0v) is 16.6. The van der Waals surface area contributed by atoms with Crippen molar-refractivity contribution >= 4 is 50.4 Å². The maximum atomic E-state index is 10.8. The van der Waals surface area contributed by atoms with Crippen LogP contribution in [0, 0.1) is 11.3 Å². The summed E-state index contributed by atoms with van der Waals surface area (Å²) in [6.45, 7) is 1.80. The van der Waals surface area contributed by atoms with E-state index in [1.807, 2.05) is 48.5 Å². The highest BCUT2D eigenvalue weighted by molar-refractivity contribution is 8.00. The number of H-pyrrole nitrogens is 1. The van der Waals surface area contributed by atoms with Gasteiger partial charge in [0.2, 0.25) is 0 Å². The summed E-state index contributed by atoms with van der Waals surface area (Å²) < 4.78 is 5.95. The Bertz CT molecular complexity index is 1440. The van der Waals surface area contributed by atoms with Gasteiger partial charge in [-0.25, -0.2) is 15.0 Å². The number of allylic oxidation sites excluding steroid dienone is 1. The Balaban J connectivity index is 1.53. The fraction of sp³-hybridized carbons (Fsp3) is 0.0909. The lowest BCUT2D eigenvalue weighted by molar-refractivity contribution is 0.402. The predicted molar refractivity (Wildman–Crippen MR) is 116 cm³/mol. The predicted octanol–water partition coefficient (Wildman–Crippen LogP) is 5.23. The first-order valence-corrected chi connectivity index (χ1v) is 10.1. The van der Waals surface area contributed by atoms with Gasteiger partial charge >= 0.3 is 0 Å². The monoisotopic (exact) mass is 413 g/mol. The highest BCUT2D eigenvalue weighted by Gasteiger charge is 2.22. The molecule has 146 valence electrons. The second-order valence-corrected chi connectivity index (χ2v) is 8.02. The number of nitrogens with zero attached hydrogens (tertiary/aromatic N) is 4. The van der Waals surface area contributed by atoms with Crippen LogP contribution in [0.15, 0.2) is 70.1 Å². The Hall–Kier alpha value is -3.83. The lowest BCUT2D eigenvalue weighted by Gasteiger charge is -2.11. The Labute approximate surface area is 175 Å². The summed E-state index contributed by atoms with van der Waals surface area (Å²) in [5, 5.41) is 21.5. The van der Waals surface area contributed by atoms with Crippen molar-refractivity contribution in [2.24, 2.45) is 0 Å². The van der Waals surface area contributed by atoms with Crippen molar-refractivity contribution < 1.29 is 9.52 Å². The van der Waals surface area contributed by atoms with Crippen molar-refractivity contribution in [1.29, 1.82) is 5.26 Å². The van der Waals surface area contributed by atoms with E-state index >= 15 is 0 Å². The summed E-state index contributed by atoms with van der Waals surface area (Å²) in [5.74, 6) is 0.254. The smallest absolute Gasteiger partial charge is 0.186 e. The molecular formula is C22H15N5O2S. The number of thioether (sulfide) groups is 1. The summed E-state index contributed by atoms with van der Waals surface area (Å²) in [5.41, 5.74) is 3.63. The van der Waals surface area contributed by atoms with Gasteiger partial charge in [0, 0.05) is 5.39 Å². The Morgan fingerprint density at radius 2 is 1.97 bits per heavy atom. The van der Waals surface area contributed by atoms with Crippen molar-refractivity contribution in [3.05, 3.63) is 66.4 Å². The van der Waals surface area contributed by atoms with Crippen LogP contribution in [0.4, 0.5) is 0 Å². The molecule has 0 radical (unpaired) electrons. The minimum absolute atomic E-state index is 0.0792. The van der Waals surface area contributed by atoms with Crippen LogP contribution < -0.4 is 0 Å². The first kappa shape index (κ1) is 18.2. The van der Waals surface area contributed by atoms with Gasteiger partial charge in [-0.15, -0.1) is 0 Å². The van der Waals surface area contributed by atoms with E-state index < -0.39 is 5.25 Å². The van der Waals surface area contributed by atoms with Crippen LogP contribution in [0.2, 0.25) is 0 Å². The SMILES string of the molecule is C[C@H](Sc1ncnc2c1oc1ccccc12)/C(O)=C(\C#N)c1nc2ccccc2[nH]1. The lowest BCUT2D eigenvalue weighted by atomic mass is 10.2. The number of benzene rings is 2. The highest BCUT2D eigenvalue weighted by atomic mass is 32.2. The summed E-state index contributed by atoms with van der Waals surface area (Å²) in [6, 6.07) is 17.2. The maximum absolute atomic E-state index is 10.8. The van der Waals surface area contributed by atoms with E-state index in [2.05, 4.69) is 26.0 Å². The minimum Gasteiger partial charge on any atom is -0.510 e. The number of aromatic nitrogens is 4. The first-order chi connectivity index (χ1) is 14.7. The number of aliphatic hydroxyl groups excluding tert-OH is 1. The molecule has 1 atom stereocenters. The van der Waals surface area contributed by atoms with Crippen LogP contribution in [0.3, 0.4) is 0 Å². The molecule has 5 rings (SSSR count). The third kappa shape index (κ3) is 2.96. The Kier molecular flexibility index (Phi) is 4.38. The number of rotatable bonds is 4. The molecule has 0 aliphatic carbocycles. The van der Waals surface area contributed by atoms with Crippen molar-refractivity contribution in [2.75, 3.05) is 0 Å². The van der Waals surface area contributed by atoms with Crippen molar-refractivity contribution in [3.63, 3.8) is 0 Å². The normalized spacial score (nSPS) is 13.5. The molecule has 0 aliphatic rings. The molecule has 0 aliphatic heterocycles. The van der Waals surface area contributed by atoms with Gasteiger partial charge in [-0.3, -0.25) is 0 Å². The molecule has 3 heterocycles. The summed E-state index contributed by atoms with van der Waals surface area (Å²) >= 11 is 1.30. The Morgan fingerprint density at radius 1 is 1.17 bits per heavy atom. The number of aliphatic hydroxyl groups is 1. The molecule has 7 nitrogen and oxygen atoms in total. The molecule has 0 bridgehead atoms. The molecular weight excluding hydrogens is 398 g/mol. The van der Waals surface area contributed by atoms with Crippen LogP contribution in [0.1, 0.15) is 12.7 Å². The zero-order chi connectivity index (χ0) is 20.7. The van der Waals surface area contributed by atoms with Gasteiger partial charge in [-0.1, -0.05) is 36.0 Å². The third-order valence-electron chi connectivity index (χ3n) is 4.79. The average molecular weight is 413 g/mol. The molecule has 0 saturated heterocycles. The number of fused-ring (bicyclic) bond motifs is 4. The van der Waals surface area contributed by atoms with E-state index in [4.69, 9.17) is 4.42 Å². The number of nitrogens with one attached hydrogen (secondary N) is 1. The fourth-order valence-electron chi connectivity index (χ4n) is 3.32. The number of para-hydroxylation sites is 3.